The summed E-state index contributed by atoms with van der Waals surface area (Å²) in [6.07, 6.45) is 12.5. The summed E-state index contributed by atoms with van der Waals surface area (Å²) < 4.78 is 1.90. The quantitative estimate of drug-likeness (QED) is 0.539. The van der Waals surface area contributed by atoms with Gasteiger partial charge in [-0.2, -0.15) is 0 Å². The number of carbonyl (C=O) groups is 1. The van der Waals surface area contributed by atoms with E-state index in [9.17, 15) is 4.79 Å². The number of nitrogens with zero attached hydrogens (tertiary/aromatic N) is 4. The minimum absolute atomic E-state index is 0.189. The number of pyridine rings is 1. The standard InChI is InChI=1S/C19H16N6OS/c26-18(17-2-1-9-25(17)11-14-5-7-20-8-6-14)24-19-23-16(12-27-19)4-3-15-10-21-13-22-15/h1-10,12-13H,11H2,(H,21,22)(H,23,24,26)/b4-3+. The first kappa shape index (κ1) is 16.9. The van der Waals surface area contributed by atoms with E-state index < -0.39 is 0 Å². The van der Waals surface area contributed by atoms with E-state index in [4.69, 9.17) is 0 Å². The van der Waals surface area contributed by atoms with Gasteiger partial charge in [-0.3, -0.25) is 15.1 Å². The summed E-state index contributed by atoms with van der Waals surface area (Å²) in [6.45, 7) is 0.605. The fraction of sp³-hybridized carbons (Fsp3) is 0.0526. The molecule has 27 heavy (non-hydrogen) atoms. The molecule has 2 N–H and O–H groups in total. The number of hydrogen-bond acceptors (Lipinski definition) is 5. The third kappa shape index (κ3) is 4.18. The minimum atomic E-state index is -0.189. The molecule has 0 aromatic carbocycles. The number of amides is 1. The van der Waals surface area contributed by atoms with Gasteiger partial charge in [-0.25, -0.2) is 9.97 Å². The van der Waals surface area contributed by atoms with Crippen LogP contribution in [0.15, 0.2) is 60.8 Å². The highest BCUT2D eigenvalue weighted by atomic mass is 32.1. The van der Waals surface area contributed by atoms with Crippen LogP contribution in [0.3, 0.4) is 0 Å². The van der Waals surface area contributed by atoms with E-state index >= 15 is 0 Å². The Labute approximate surface area is 159 Å². The fourth-order valence-electron chi connectivity index (χ4n) is 2.56. The van der Waals surface area contributed by atoms with Crippen molar-refractivity contribution in [1.29, 1.82) is 0 Å². The Balaban J connectivity index is 1.43. The zero-order valence-corrected chi connectivity index (χ0v) is 15.1. The van der Waals surface area contributed by atoms with E-state index in [0.29, 0.717) is 17.4 Å². The molecule has 0 aliphatic rings. The Morgan fingerprint density at radius 3 is 2.89 bits per heavy atom. The first-order valence-electron chi connectivity index (χ1n) is 8.26. The van der Waals surface area contributed by atoms with E-state index in [1.54, 1.807) is 31.0 Å². The molecular weight excluding hydrogens is 360 g/mol. The molecule has 7 nitrogen and oxygen atoms in total. The predicted molar refractivity (Wildman–Crippen MR) is 105 cm³/mol. The number of H-pyrrole nitrogens is 1. The molecule has 8 heteroatoms. The van der Waals surface area contributed by atoms with Gasteiger partial charge in [0.05, 0.1) is 17.7 Å². The molecule has 0 unspecified atom stereocenters. The molecule has 0 aliphatic heterocycles. The van der Waals surface area contributed by atoms with E-state index in [1.165, 1.54) is 11.3 Å². The second-order valence-corrected chi connectivity index (χ2v) is 6.59. The van der Waals surface area contributed by atoms with Crippen LogP contribution in [0.4, 0.5) is 5.13 Å². The van der Waals surface area contributed by atoms with Gasteiger partial charge in [0.1, 0.15) is 5.69 Å². The van der Waals surface area contributed by atoms with Crippen LogP contribution in [0.2, 0.25) is 0 Å². The van der Waals surface area contributed by atoms with Crippen LogP contribution in [-0.2, 0) is 6.54 Å². The lowest BCUT2D eigenvalue weighted by Crippen LogP contribution is -2.17. The molecule has 0 aliphatic carbocycles. The van der Waals surface area contributed by atoms with Gasteiger partial charge >= 0.3 is 0 Å². The van der Waals surface area contributed by atoms with Crippen molar-refractivity contribution in [2.45, 2.75) is 6.54 Å². The summed E-state index contributed by atoms with van der Waals surface area (Å²) in [5, 5.41) is 5.30. The number of carbonyl (C=O) groups excluding carboxylic acids is 1. The van der Waals surface area contributed by atoms with Gasteiger partial charge in [0.25, 0.3) is 5.91 Å². The molecule has 0 spiro atoms. The van der Waals surface area contributed by atoms with Crippen molar-refractivity contribution in [2.24, 2.45) is 0 Å². The summed E-state index contributed by atoms with van der Waals surface area (Å²) >= 11 is 1.38. The molecule has 0 radical (unpaired) electrons. The number of aromatic nitrogens is 5. The molecule has 0 saturated carbocycles. The molecule has 0 fully saturated rings. The summed E-state index contributed by atoms with van der Waals surface area (Å²) in [5.41, 5.74) is 3.25. The van der Waals surface area contributed by atoms with Crippen LogP contribution in [0, 0.1) is 0 Å². The number of hydrogen-bond donors (Lipinski definition) is 2. The van der Waals surface area contributed by atoms with Crippen LogP contribution < -0.4 is 5.32 Å². The molecule has 4 heterocycles. The first-order valence-corrected chi connectivity index (χ1v) is 9.14. The predicted octanol–water partition coefficient (Wildman–Crippen LogP) is 3.53. The average Bonchev–Trinajstić information content (AvgIpc) is 3.43. The maximum absolute atomic E-state index is 12.6. The number of aromatic amines is 1. The highest BCUT2D eigenvalue weighted by Gasteiger charge is 2.13. The zero-order chi connectivity index (χ0) is 18.5. The van der Waals surface area contributed by atoms with Crippen molar-refractivity contribution in [3.63, 3.8) is 0 Å². The highest BCUT2D eigenvalue weighted by Crippen LogP contribution is 2.18. The maximum atomic E-state index is 12.6. The number of anilines is 1. The Hall–Kier alpha value is -3.52. The molecule has 1 amide bonds. The number of imidazole rings is 1. The smallest absolute Gasteiger partial charge is 0.274 e. The Morgan fingerprint density at radius 1 is 1.22 bits per heavy atom. The van der Waals surface area contributed by atoms with E-state index in [-0.39, 0.29) is 5.91 Å². The summed E-state index contributed by atoms with van der Waals surface area (Å²) in [7, 11) is 0. The van der Waals surface area contributed by atoms with E-state index in [2.05, 4.69) is 25.3 Å². The maximum Gasteiger partial charge on any atom is 0.274 e. The second-order valence-electron chi connectivity index (χ2n) is 5.74. The lowest BCUT2D eigenvalue weighted by atomic mass is 10.2. The molecule has 134 valence electrons. The van der Waals surface area contributed by atoms with Crippen molar-refractivity contribution in [3.05, 3.63) is 83.4 Å². The van der Waals surface area contributed by atoms with Gasteiger partial charge < -0.3 is 9.55 Å². The van der Waals surface area contributed by atoms with Crippen molar-refractivity contribution >= 4 is 34.5 Å². The van der Waals surface area contributed by atoms with Crippen molar-refractivity contribution < 1.29 is 4.79 Å². The van der Waals surface area contributed by atoms with Crippen molar-refractivity contribution in [2.75, 3.05) is 5.32 Å². The van der Waals surface area contributed by atoms with Crippen molar-refractivity contribution in [3.8, 4) is 0 Å². The van der Waals surface area contributed by atoms with Crippen LogP contribution >= 0.6 is 11.3 Å². The summed E-state index contributed by atoms with van der Waals surface area (Å²) in [6, 6.07) is 7.51. The number of rotatable bonds is 6. The minimum Gasteiger partial charge on any atom is -0.351 e. The Morgan fingerprint density at radius 2 is 2.07 bits per heavy atom. The van der Waals surface area contributed by atoms with E-state index in [1.807, 2.05) is 46.5 Å². The van der Waals surface area contributed by atoms with Crippen LogP contribution in [0.25, 0.3) is 12.2 Å². The van der Waals surface area contributed by atoms with Gasteiger partial charge in [0, 0.05) is 36.7 Å². The molecule has 0 bridgehead atoms. The topological polar surface area (TPSA) is 88.5 Å². The first-order chi connectivity index (χ1) is 13.3. The van der Waals surface area contributed by atoms with Gasteiger partial charge in [0.2, 0.25) is 0 Å². The SMILES string of the molecule is O=C(Nc1nc(/C=C/c2c[nH]cn2)cs1)c1cccn1Cc1ccncc1. The van der Waals surface area contributed by atoms with Crippen molar-refractivity contribution in [1.82, 2.24) is 24.5 Å². The average molecular weight is 376 g/mol. The monoisotopic (exact) mass is 376 g/mol. The lowest BCUT2D eigenvalue weighted by Gasteiger charge is -2.08. The second kappa shape index (κ2) is 7.79. The largest absolute Gasteiger partial charge is 0.351 e. The number of thiazole rings is 1. The van der Waals surface area contributed by atoms with Gasteiger partial charge in [-0.15, -0.1) is 11.3 Å². The van der Waals surface area contributed by atoms with Gasteiger partial charge in [0.15, 0.2) is 5.13 Å². The third-order valence-electron chi connectivity index (χ3n) is 3.85. The van der Waals surface area contributed by atoms with Gasteiger partial charge in [-0.1, -0.05) is 0 Å². The molecule has 0 saturated heterocycles. The molecule has 0 atom stereocenters. The molecular formula is C19H16N6OS. The molecule has 4 aromatic rings. The zero-order valence-electron chi connectivity index (χ0n) is 14.2. The third-order valence-corrected chi connectivity index (χ3v) is 4.63. The van der Waals surface area contributed by atoms with E-state index in [0.717, 1.165) is 17.0 Å². The van der Waals surface area contributed by atoms with Gasteiger partial charge in [-0.05, 0) is 42.0 Å². The lowest BCUT2D eigenvalue weighted by molar-refractivity contribution is 0.101. The van der Waals surface area contributed by atoms with Crippen LogP contribution in [0.1, 0.15) is 27.4 Å². The fourth-order valence-corrected chi connectivity index (χ4v) is 3.23. The normalized spacial score (nSPS) is 11.1. The Bertz CT molecular complexity index is 1050. The van der Waals surface area contributed by atoms with Crippen LogP contribution in [-0.4, -0.2) is 30.4 Å². The summed E-state index contributed by atoms with van der Waals surface area (Å²) in [5.74, 6) is -0.189. The highest BCUT2D eigenvalue weighted by molar-refractivity contribution is 7.14. The summed E-state index contributed by atoms with van der Waals surface area (Å²) in [4.78, 5) is 28.1. The Kier molecular flexibility index (Phi) is 4.88. The number of nitrogens with one attached hydrogen (secondary N) is 2. The molecule has 4 rings (SSSR count). The van der Waals surface area contributed by atoms with Crippen LogP contribution in [0.5, 0.6) is 0 Å². The molecule has 4 aromatic heterocycles.